The molecule has 4 nitrogen and oxygen atoms in total. The van der Waals surface area contributed by atoms with Gasteiger partial charge in [-0.2, -0.15) is 0 Å². The Morgan fingerprint density at radius 1 is 1.28 bits per heavy atom. The molecule has 1 atom stereocenters. The van der Waals surface area contributed by atoms with Crippen LogP contribution in [0.25, 0.3) is 0 Å². The SMILES string of the molecule is CCCS(=O)(=O)CCS(=O)c1ccc(N)c(C)c1. The molecule has 0 saturated carbocycles. The van der Waals surface area contributed by atoms with E-state index in [4.69, 9.17) is 5.73 Å². The molecule has 18 heavy (non-hydrogen) atoms. The maximum absolute atomic E-state index is 12.0. The molecule has 0 amide bonds. The van der Waals surface area contributed by atoms with Crippen LogP contribution in [0.1, 0.15) is 18.9 Å². The van der Waals surface area contributed by atoms with Crippen LogP contribution in [0.3, 0.4) is 0 Å². The van der Waals surface area contributed by atoms with Crippen LogP contribution in [-0.2, 0) is 20.6 Å². The largest absolute Gasteiger partial charge is 0.399 e. The highest BCUT2D eigenvalue weighted by atomic mass is 32.2. The van der Waals surface area contributed by atoms with Crippen LogP contribution in [0, 0.1) is 6.92 Å². The van der Waals surface area contributed by atoms with Crippen LogP contribution < -0.4 is 5.73 Å². The summed E-state index contributed by atoms with van der Waals surface area (Å²) in [4.78, 5) is 0.633. The molecule has 102 valence electrons. The predicted molar refractivity (Wildman–Crippen MR) is 75.8 cm³/mol. The van der Waals surface area contributed by atoms with Crippen molar-refractivity contribution in [2.75, 3.05) is 23.0 Å². The predicted octanol–water partition coefficient (Wildman–Crippen LogP) is 1.51. The van der Waals surface area contributed by atoms with Gasteiger partial charge in [0.1, 0.15) is 0 Å². The van der Waals surface area contributed by atoms with Crippen molar-refractivity contribution in [1.29, 1.82) is 0 Å². The normalized spacial score (nSPS) is 13.4. The van der Waals surface area contributed by atoms with Crippen molar-refractivity contribution in [3.05, 3.63) is 23.8 Å². The quantitative estimate of drug-likeness (QED) is 0.805. The minimum absolute atomic E-state index is 0.0309. The Morgan fingerprint density at radius 3 is 2.50 bits per heavy atom. The summed E-state index contributed by atoms with van der Waals surface area (Å²) in [7, 11) is -4.36. The number of benzene rings is 1. The number of nitrogen functional groups attached to an aromatic ring is 1. The first-order valence-electron chi connectivity index (χ1n) is 5.80. The molecule has 0 bridgehead atoms. The lowest BCUT2D eigenvalue weighted by Crippen LogP contribution is -2.16. The Labute approximate surface area is 111 Å². The summed E-state index contributed by atoms with van der Waals surface area (Å²) in [6, 6.07) is 5.13. The van der Waals surface area contributed by atoms with Crippen LogP contribution in [0.15, 0.2) is 23.1 Å². The Bertz CT molecular complexity index is 538. The monoisotopic (exact) mass is 289 g/mol. The Morgan fingerprint density at radius 2 is 1.94 bits per heavy atom. The molecule has 0 fully saturated rings. The lowest BCUT2D eigenvalue weighted by molar-refractivity contribution is 0.595. The fraction of sp³-hybridized carbons (Fsp3) is 0.500. The number of anilines is 1. The van der Waals surface area contributed by atoms with Crippen LogP contribution in [0.4, 0.5) is 5.69 Å². The van der Waals surface area contributed by atoms with Gasteiger partial charge in [0.05, 0.1) is 16.6 Å². The molecule has 0 heterocycles. The van der Waals surface area contributed by atoms with E-state index < -0.39 is 20.6 Å². The number of nitrogens with two attached hydrogens (primary N) is 1. The Kier molecular flexibility index (Phi) is 5.34. The van der Waals surface area contributed by atoms with E-state index in [1.54, 1.807) is 18.2 Å². The third kappa shape index (κ3) is 4.42. The van der Waals surface area contributed by atoms with E-state index in [-0.39, 0.29) is 17.3 Å². The molecule has 0 radical (unpaired) electrons. The van der Waals surface area contributed by atoms with Gasteiger partial charge < -0.3 is 5.73 Å². The van der Waals surface area contributed by atoms with Gasteiger partial charge in [0.15, 0.2) is 9.84 Å². The van der Waals surface area contributed by atoms with Gasteiger partial charge in [-0.25, -0.2) is 8.42 Å². The molecule has 0 aliphatic carbocycles. The molecular formula is C12H19NO3S2. The van der Waals surface area contributed by atoms with E-state index in [9.17, 15) is 12.6 Å². The van der Waals surface area contributed by atoms with Crippen molar-refractivity contribution in [2.24, 2.45) is 0 Å². The fourth-order valence-corrected chi connectivity index (χ4v) is 4.73. The van der Waals surface area contributed by atoms with Gasteiger partial charge >= 0.3 is 0 Å². The maximum atomic E-state index is 12.0. The average Bonchev–Trinajstić information content (AvgIpc) is 2.30. The molecule has 0 aliphatic rings. The number of aryl methyl sites for hydroxylation is 1. The first kappa shape index (κ1) is 15.2. The second kappa shape index (κ2) is 6.33. The lowest BCUT2D eigenvalue weighted by Gasteiger charge is -2.06. The van der Waals surface area contributed by atoms with Crippen LogP contribution in [-0.4, -0.2) is 29.9 Å². The standard InChI is InChI=1S/C12H19NO3S2/c1-3-7-18(15,16)8-6-17(14)11-4-5-12(13)10(2)9-11/h4-5,9H,3,6-8,13H2,1-2H3. The molecular weight excluding hydrogens is 270 g/mol. The second-order valence-electron chi connectivity index (χ2n) is 4.22. The topological polar surface area (TPSA) is 77.2 Å². The van der Waals surface area contributed by atoms with Crippen molar-refractivity contribution in [3.8, 4) is 0 Å². The van der Waals surface area contributed by atoms with Gasteiger partial charge in [0.2, 0.25) is 0 Å². The molecule has 0 aromatic heterocycles. The highest BCUT2D eigenvalue weighted by Gasteiger charge is 2.13. The van der Waals surface area contributed by atoms with E-state index in [0.717, 1.165) is 5.56 Å². The first-order chi connectivity index (χ1) is 8.35. The summed E-state index contributed by atoms with van der Waals surface area (Å²) in [5, 5.41) is 0. The molecule has 0 spiro atoms. The zero-order valence-electron chi connectivity index (χ0n) is 10.7. The smallest absolute Gasteiger partial charge is 0.151 e. The Hall–Kier alpha value is -0.880. The van der Waals surface area contributed by atoms with E-state index >= 15 is 0 Å². The van der Waals surface area contributed by atoms with Crippen LogP contribution >= 0.6 is 0 Å². The van der Waals surface area contributed by atoms with Gasteiger partial charge in [0.25, 0.3) is 0 Å². The number of rotatable bonds is 6. The van der Waals surface area contributed by atoms with Crippen LogP contribution in [0.5, 0.6) is 0 Å². The third-order valence-corrected chi connectivity index (χ3v) is 6.07. The average molecular weight is 289 g/mol. The van der Waals surface area contributed by atoms with Gasteiger partial charge in [-0.3, -0.25) is 4.21 Å². The van der Waals surface area contributed by atoms with Gasteiger partial charge in [-0.1, -0.05) is 6.92 Å². The molecule has 0 saturated heterocycles. The maximum Gasteiger partial charge on any atom is 0.151 e. The Balaban J connectivity index is 2.69. The third-order valence-electron chi connectivity index (χ3n) is 2.60. The summed E-state index contributed by atoms with van der Waals surface area (Å²) < 4.78 is 35.0. The van der Waals surface area contributed by atoms with Crippen molar-refractivity contribution < 1.29 is 12.6 Å². The van der Waals surface area contributed by atoms with Crippen molar-refractivity contribution in [3.63, 3.8) is 0 Å². The molecule has 1 rings (SSSR count). The summed E-state index contributed by atoms with van der Waals surface area (Å²) in [5.41, 5.74) is 7.18. The molecule has 1 aromatic rings. The minimum atomic E-state index is -3.07. The van der Waals surface area contributed by atoms with E-state index in [2.05, 4.69) is 0 Å². The van der Waals surface area contributed by atoms with E-state index in [1.807, 2.05) is 13.8 Å². The number of hydrogen-bond acceptors (Lipinski definition) is 4. The van der Waals surface area contributed by atoms with Crippen molar-refractivity contribution >= 4 is 26.3 Å². The molecule has 1 aromatic carbocycles. The first-order valence-corrected chi connectivity index (χ1v) is 8.94. The van der Waals surface area contributed by atoms with Gasteiger partial charge in [0, 0.05) is 22.1 Å². The van der Waals surface area contributed by atoms with Crippen molar-refractivity contribution in [1.82, 2.24) is 0 Å². The zero-order chi connectivity index (χ0) is 13.8. The highest BCUT2D eigenvalue weighted by Crippen LogP contribution is 2.16. The number of sulfone groups is 1. The van der Waals surface area contributed by atoms with E-state index in [0.29, 0.717) is 17.0 Å². The summed E-state index contributed by atoms with van der Waals surface area (Å²) >= 11 is 0. The number of hydrogen-bond donors (Lipinski definition) is 1. The molecule has 6 heteroatoms. The van der Waals surface area contributed by atoms with Gasteiger partial charge in [-0.05, 0) is 37.1 Å². The summed E-state index contributed by atoms with van der Waals surface area (Å²) in [6.45, 7) is 3.65. The second-order valence-corrected chi connectivity index (χ2v) is 8.09. The molecule has 0 aliphatic heterocycles. The fourth-order valence-electron chi connectivity index (χ4n) is 1.52. The van der Waals surface area contributed by atoms with Gasteiger partial charge in [-0.15, -0.1) is 0 Å². The minimum Gasteiger partial charge on any atom is -0.399 e. The highest BCUT2D eigenvalue weighted by molar-refractivity contribution is 7.93. The molecule has 2 N–H and O–H groups in total. The van der Waals surface area contributed by atoms with Crippen molar-refractivity contribution in [2.45, 2.75) is 25.2 Å². The lowest BCUT2D eigenvalue weighted by atomic mass is 10.2. The summed E-state index contributed by atoms with van der Waals surface area (Å²) in [6.07, 6.45) is 0.593. The zero-order valence-corrected chi connectivity index (χ0v) is 12.3. The van der Waals surface area contributed by atoms with Crippen LogP contribution in [0.2, 0.25) is 0 Å². The molecule has 1 unspecified atom stereocenters. The van der Waals surface area contributed by atoms with E-state index in [1.165, 1.54) is 0 Å². The summed E-state index contributed by atoms with van der Waals surface area (Å²) in [5.74, 6) is 0.271.